The number of nitrogens with one attached hydrogen (secondary N) is 3. The number of alkyl halides is 2. The van der Waals surface area contributed by atoms with Gasteiger partial charge >= 0.3 is 17.8 Å². The van der Waals surface area contributed by atoms with Crippen LogP contribution in [0.15, 0.2) is 36.5 Å². The largest absolute Gasteiger partial charge is 0.351 e. The molecule has 1 aromatic heterocycles. The van der Waals surface area contributed by atoms with E-state index in [1.807, 2.05) is 0 Å². The van der Waals surface area contributed by atoms with Crippen LogP contribution < -0.4 is 21.7 Å². The van der Waals surface area contributed by atoms with E-state index in [-0.39, 0.29) is 16.9 Å². The third-order valence-electron chi connectivity index (χ3n) is 3.82. The average molecular weight is 391 g/mol. The van der Waals surface area contributed by atoms with Crippen LogP contribution in [0.1, 0.15) is 36.2 Å². The summed E-state index contributed by atoms with van der Waals surface area (Å²) < 4.78 is 25.4. The highest BCUT2D eigenvalue weighted by molar-refractivity contribution is 6.39. The molecule has 0 aliphatic carbocycles. The highest BCUT2D eigenvalue weighted by Crippen LogP contribution is 2.22. The SMILES string of the molecule is Cc1cc(NC(=O)C(=O)NC(C)c2ccc(NC(N)=O)cc2)cnc1C(F)F. The van der Waals surface area contributed by atoms with Crippen LogP contribution in [0, 0.1) is 6.92 Å². The fourth-order valence-corrected chi connectivity index (χ4v) is 2.41. The molecule has 0 fully saturated rings. The summed E-state index contributed by atoms with van der Waals surface area (Å²) in [5.74, 6) is -1.85. The number of halogens is 2. The molecule has 0 spiro atoms. The number of carbonyl (C=O) groups is 3. The molecule has 2 rings (SSSR count). The van der Waals surface area contributed by atoms with E-state index in [0.717, 1.165) is 6.20 Å². The van der Waals surface area contributed by atoms with Crippen molar-refractivity contribution in [2.75, 3.05) is 10.6 Å². The van der Waals surface area contributed by atoms with Gasteiger partial charge in [0.15, 0.2) is 0 Å². The minimum atomic E-state index is -2.72. The number of aromatic nitrogens is 1. The fraction of sp³-hybridized carbons (Fsp3) is 0.222. The van der Waals surface area contributed by atoms with Crippen molar-refractivity contribution in [1.29, 1.82) is 0 Å². The van der Waals surface area contributed by atoms with Crippen molar-refractivity contribution in [1.82, 2.24) is 10.3 Å². The second kappa shape index (κ2) is 8.89. The maximum absolute atomic E-state index is 12.7. The topological polar surface area (TPSA) is 126 Å². The Hall–Kier alpha value is -3.56. The van der Waals surface area contributed by atoms with Gasteiger partial charge < -0.3 is 21.7 Å². The van der Waals surface area contributed by atoms with Gasteiger partial charge in [-0.3, -0.25) is 14.6 Å². The lowest BCUT2D eigenvalue weighted by atomic mass is 10.1. The normalized spacial score (nSPS) is 11.6. The first-order valence-corrected chi connectivity index (χ1v) is 8.20. The fourth-order valence-electron chi connectivity index (χ4n) is 2.41. The summed E-state index contributed by atoms with van der Waals surface area (Å²) in [6, 6.07) is 6.63. The van der Waals surface area contributed by atoms with E-state index in [1.165, 1.54) is 13.0 Å². The number of anilines is 2. The Morgan fingerprint density at radius 2 is 1.68 bits per heavy atom. The monoisotopic (exact) mass is 391 g/mol. The zero-order chi connectivity index (χ0) is 20.8. The van der Waals surface area contributed by atoms with Crippen molar-refractivity contribution < 1.29 is 23.2 Å². The molecule has 28 heavy (non-hydrogen) atoms. The Labute approximate surface area is 159 Å². The van der Waals surface area contributed by atoms with Crippen LogP contribution in [-0.4, -0.2) is 22.8 Å². The number of amides is 4. The number of rotatable bonds is 5. The lowest BCUT2D eigenvalue weighted by Crippen LogP contribution is -2.37. The van der Waals surface area contributed by atoms with Gasteiger partial charge in [0.2, 0.25) is 0 Å². The first-order chi connectivity index (χ1) is 13.2. The van der Waals surface area contributed by atoms with Gasteiger partial charge in [-0.05, 0) is 43.2 Å². The Balaban J connectivity index is 1.97. The van der Waals surface area contributed by atoms with Gasteiger partial charge in [0.25, 0.3) is 6.43 Å². The van der Waals surface area contributed by atoms with Crippen LogP contribution in [0.4, 0.5) is 25.0 Å². The van der Waals surface area contributed by atoms with Crippen molar-refractivity contribution in [2.45, 2.75) is 26.3 Å². The van der Waals surface area contributed by atoms with Gasteiger partial charge in [0.05, 0.1) is 17.9 Å². The second-order valence-corrected chi connectivity index (χ2v) is 5.99. The Morgan fingerprint density at radius 3 is 2.21 bits per heavy atom. The molecule has 4 amide bonds. The van der Waals surface area contributed by atoms with E-state index < -0.39 is 30.3 Å². The number of pyridine rings is 1. The molecule has 10 heteroatoms. The van der Waals surface area contributed by atoms with Crippen LogP contribution in [0.3, 0.4) is 0 Å². The van der Waals surface area contributed by atoms with E-state index in [9.17, 15) is 23.2 Å². The Kier molecular flexibility index (Phi) is 6.59. The Morgan fingerprint density at radius 1 is 1.04 bits per heavy atom. The summed E-state index contributed by atoms with van der Waals surface area (Å²) in [6.07, 6.45) is -1.66. The van der Waals surface area contributed by atoms with E-state index in [4.69, 9.17) is 5.73 Å². The molecule has 5 N–H and O–H groups in total. The second-order valence-electron chi connectivity index (χ2n) is 5.99. The quantitative estimate of drug-likeness (QED) is 0.585. The number of urea groups is 1. The standard InChI is InChI=1S/C18H19F2N5O3/c1-9-7-13(8-22-14(9)15(19)20)24-17(27)16(26)23-10(2)11-3-5-12(6-4-11)25-18(21)28/h3-8,10,15H,1-2H3,(H,23,26)(H,24,27)(H3,21,25,28). The van der Waals surface area contributed by atoms with Crippen molar-refractivity contribution in [3.63, 3.8) is 0 Å². The first kappa shape index (κ1) is 20.7. The predicted molar refractivity (Wildman–Crippen MR) is 98.8 cm³/mol. The van der Waals surface area contributed by atoms with Crippen molar-refractivity contribution >= 4 is 29.2 Å². The van der Waals surface area contributed by atoms with E-state index in [0.29, 0.717) is 11.3 Å². The minimum absolute atomic E-state index is 0.136. The van der Waals surface area contributed by atoms with Crippen LogP contribution >= 0.6 is 0 Å². The van der Waals surface area contributed by atoms with Crippen molar-refractivity contribution in [3.8, 4) is 0 Å². The summed E-state index contributed by atoms with van der Waals surface area (Å²) >= 11 is 0. The molecule has 0 aliphatic rings. The zero-order valence-corrected chi connectivity index (χ0v) is 15.1. The van der Waals surface area contributed by atoms with Crippen LogP contribution in [0.5, 0.6) is 0 Å². The number of hydrogen-bond donors (Lipinski definition) is 4. The lowest BCUT2D eigenvalue weighted by Gasteiger charge is -2.15. The number of nitrogens with two attached hydrogens (primary N) is 1. The number of hydrogen-bond acceptors (Lipinski definition) is 4. The van der Waals surface area contributed by atoms with Gasteiger partial charge in [0.1, 0.15) is 5.69 Å². The summed E-state index contributed by atoms with van der Waals surface area (Å²) in [4.78, 5) is 38.5. The average Bonchev–Trinajstić information content (AvgIpc) is 2.61. The predicted octanol–water partition coefficient (Wildman–Crippen LogP) is 2.63. The smallest absolute Gasteiger partial charge is 0.316 e. The molecule has 0 saturated heterocycles. The van der Waals surface area contributed by atoms with Gasteiger partial charge in [-0.15, -0.1) is 0 Å². The summed E-state index contributed by atoms with van der Waals surface area (Å²) in [6.45, 7) is 3.11. The maximum atomic E-state index is 12.7. The molecule has 1 heterocycles. The van der Waals surface area contributed by atoms with Gasteiger partial charge in [-0.25, -0.2) is 13.6 Å². The molecular weight excluding hydrogens is 372 g/mol. The highest BCUT2D eigenvalue weighted by atomic mass is 19.3. The molecule has 0 aliphatic heterocycles. The number of carbonyl (C=O) groups excluding carboxylic acids is 3. The molecule has 1 unspecified atom stereocenters. The van der Waals surface area contributed by atoms with Crippen molar-refractivity contribution in [2.24, 2.45) is 5.73 Å². The lowest BCUT2D eigenvalue weighted by molar-refractivity contribution is -0.136. The third kappa shape index (κ3) is 5.47. The van der Waals surface area contributed by atoms with E-state index in [2.05, 4.69) is 20.9 Å². The minimum Gasteiger partial charge on any atom is -0.351 e. The molecule has 1 aromatic carbocycles. The van der Waals surface area contributed by atoms with Crippen LogP contribution in [-0.2, 0) is 9.59 Å². The number of benzene rings is 1. The number of nitrogens with zero attached hydrogens (tertiary/aromatic N) is 1. The molecule has 1 atom stereocenters. The summed E-state index contributed by atoms with van der Waals surface area (Å²) in [7, 11) is 0. The van der Waals surface area contributed by atoms with Gasteiger partial charge in [-0.1, -0.05) is 12.1 Å². The van der Waals surface area contributed by atoms with Crippen LogP contribution in [0.2, 0.25) is 0 Å². The van der Waals surface area contributed by atoms with Crippen molar-refractivity contribution in [3.05, 3.63) is 53.3 Å². The van der Waals surface area contributed by atoms with E-state index in [1.54, 1.807) is 31.2 Å². The molecule has 0 bridgehead atoms. The molecular formula is C18H19F2N5O3. The third-order valence-corrected chi connectivity index (χ3v) is 3.82. The number of aryl methyl sites for hydroxylation is 1. The molecule has 0 saturated carbocycles. The van der Waals surface area contributed by atoms with Gasteiger partial charge in [-0.2, -0.15) is 0 Å². The highest BCUT2D eigenvalue weighted by Gasteiger charge is 2.19. The zero-order valence-electron chi connectivity index (χ0n) is 15.1. The molecule has 0 radical (unpaired) electrons. The molecule has 2 aromatic rings. The maximum Gasteiger partial charge on any atom is 0.316 e. The van der Waals surface area contributed by atoms with Crippen LogP contribution in [0.25, 0.3) is 0 Å². The Bertz CT molecular complexity index is 887. The molecule has 148 valence electrons. The molecule has 8 nitrogen and oxygen atoms in total. The number of primary amides is 1. The van der Waals surface area contributed by atoms with Gasteiger partial charge in [0, 0.05) is 5.69 Å². The first-order valence-electron chi connectivity index (χ1n) is 8.20. The summed E-state index contributed by atoms with van der Waals surface area (Å²) in [5, 5.41) is 7.24. The summed E-state index contributed by atoms with van der Waals surface area (Å²) in [5.41, 5.74) is 6.15. The van der Waals surface area contributed by atoms with E-state index >= 15 is 0 Å².